The number of rotatable bonds is 8. The van der Waals surface area contributed by atoms with Gasteiger partial charge in [0.05, 0.1) is 0 Å². The molecular formula is C28H23FO5. The van der Waals surface area contributed by atoms with Crippen LogP contribution in [0.4, 0.5) is 4.39 Å². The lowest BCUT2D eigenvalue weighted by molar-refractivity contribution is -0.133. The number of esters is 2. The van der Waals surface area contributed by atoms with Crippen molar-refractivity contribution in [1.29, 1.82) is 0 Å². The van der Waals surface area contributed by atoms with Gasteiger partial charge in [0.25, 0.3) is 0 Å². The molecule has 3 aromatic carbocycles. The molecule has 0 unspecified atom stereocenters. The Kier molecular flexibility index (Phi) is 7.77. The summed E-state index contributed by atoms with van der Waals surface area (Å²) in [4.78, 5) is 22.9. The summed E-state index contributed by atoms with van der Waals surface area (Å²) in [5.41, 5.74) is 3.89. The van der Waals surface area contributed by atoms with Crippen molar-refractivity contribution in [3.63, 3.8) is 0 Å². The number of carbonyl (C=O) groups excluding carboxylic acids is 2. The lowest BCUT2D eigenvalue weighted by Gasteiger charge is -2.09. The fourth-order valence-corrected chi connectivity index (χ4v) is 2.83. The Morgan fingerprint density at radius 2 is 1.24 bits per heavy atom. The zero-order chi connectivity index (χ0) is 24.7. The lowest BCUT2D eigenvalue weighted by atomic mass is 10.00. The van der Waals surface area contributed by atoms with Crippen LogP contribution >= 0.6 is 0 Å². The van der Waals surface area contributed by atoms with Gasteiger partial charge in [0.15, 0.2) is 11.6 Å². The summed E-state index contributed by atoms with van der Waals surface area (Å²) in [6.45, 7) is 10.0. The van der Waals surface area contributed by atoms with Gasteiger partial charge in [0.1, 0.15) is 18.3 Å². The first-order chi connectivity index (χ1) is 16.2. The van der Waals surface area contributed by atoms with Crippen molar-refractivity contribution in [3.05, 3.63) is 109 Å². The summed E-state index contributed by atoms with van der Waals surface area (Å²) in [6, 6.07) is 19.4. The van der Waals surface area contributed by atoms with E-state index in [1.807, 2.05) is 36.4 Å². The molecule has 0 saturated heterocycles. The Balaban J connectivity index is 1.65. The van der Waals surface area contributed by atoms with Crippen LogP contribution in [0.25, 0.3) is 22.3 Å². The van der Waals surface area contributed by atoms with Crippen LogP contribution in [0, 0.1) is 5.82 Å². The second-order valence-electron chi connectivity index (χ2n) is 7.49. The van der Waals surface area contributed by atoms with E-state index in [4.69, 9.17) is 14.2 Å². The Hall–Kier alpha value is -4.45. The van der Waals surface area contributed by atoms with E-state index >= 15 is 0 Å². The summed E-state index contributed by atoms with van der Waals surface area (Å²) in [5.74, 6) is -1.39. The van der Waals surface area contributed by atoms with Gasteiger partial charge in [-0.2, -0.15) is 0 Å². The first-order valence-electron chi connectivity index (χ1n) is 10.3. The molecule has 0 heterocycles. The smallest absolute Gasteiger partial charge is 0.338 e. The molecule has 0 bridgehead atoms. The van der Waals surface area contributed by atoms with Gasteiger partial charge in [-0.3, -0.25) is 0 Å². The van der Waals surface area contributed by atoms with E-state index in [-0.39, 0.29) is 11.3 Å². The number of halogens is 1. The third kappa shape index (κ3) is 6.29. The normalized spacial score (nSPS) is 10.6. The number of hydrogen-bond donors (Lipinski definition) is 0. The number of benzene rings is 3. The first-order valence-corrected chi connectivity index (χ1v) is 10.3. The van der Waals surface area contributed by atoms with Crippen LogP contribution in [0.5, 0.6) is 11.5 Å². The zero-order valence-electron chi connectivity index (χ0n) is 18.8. The van der Waals surface area contributed by atoms with Crippen molar-refractivity contribution in [3.8, 4) is 33.8 Å². The van der Waals surface area contributed by atoms with Crippen LogP contribution in [0.1, 0.15) is 13.8 Å². The molecule has 0 aromatic heterocycles. The summed E-state index contributed by atoms with van der Waals surface area (Å²) in [7, 11) is 0. The van der Waals surface area contributed by atoms with Crippen LogP contribution in [-0.4, -0.2) is 11.9 Å². The average Bonchev–Trinajstić information content (AvgIpc) is 2.83. The van der Waals surface area contributed by atoms with E-state index in [9.17, 15) is 14.0 Å². The van der Waals surface area contributed by atoms with E-state index in [1.54, 1.807) is 25.1 Å². The molecule has 0 aliphatic rings. The van der Waals surface area contributed by atoms with Crippen molar-refractivity contribution in [1.82, 2.24) is 0 Å². The second-order valence-corrected chi connectivity index (χ2v) is 7.49. The first kappa shape index (κ1) is 24.2. The van der Waals surface area contributed by atoms with Gasteiger partial charge in [0, 0.05) is 11.1 Å². The average molecular weight is 458 g/mol. The predicted molar refractivity (Wildman–Crippen MR) is 128 cm³/mol. The maximum absolute atomic E-state index is 14.4. The quantitative estimate of drug-likeness (QED) is 0.164. The van der Waals surface area contributed by atoms with Crippen LogP contribution in [0.2, 0.25) is 0 Å². The van der Waals surface area contributed by atoms with E-state index < -0.39 is 17.8 Å². The summed E-state index contributed by atoms with van der Waals surface area (Å²) in [5, 5.41) is 0. The maximum Gasteiger partial charge on any atom is 0.338 e. The Morgan fingerprint density at radius 1 is 0.735 bits per heavy atom. The fraction of sp³-hybridized carbons (Fsp3) is 0.0714. The van der Waals surface area contributed by atoms with E-state index in [0.717, 1.165) is 23.0 Å². The zero-order valence-corrected chi connectivity index (χ0v) is 18.8. The monoisotopic (exact) mass is 458 g/mol. The fourth-order valence-electron chi connectivity index (χ4n) is 2.83. The molecule has 3 aromatic rings. The molecule has 0 spiro atoms. The van der Waals surface area contributed by atoms with Crippen molar-refractivity contribution in [2.24, 2.45) is 0 Å². The third-order valence-corrected chi connectivity index (χ3v) is 4.67. The Morgan fingerprint density at radius 3 is 1.76 bits per heavy atom. The van der Waals surface area contributed by atoms with Crippen molar-refractivity contribution in [2.45, 2.75) is 13.8 Å². The van der Waals surface area contributed by atoms with Gasteiger partial charge in [-0.25, -0.2) is 14.0 Å². The molecular weight excluding hydrogens is 435 g/mol. The third-order valence-electron chi connectivity index (χ3n) is 4.67. The highest BCUT2D eigenvalue weighted by Gasteiger charge is 2.11. The van der Waals surface area contributed by atoms with E-state index in [1.165, 1.54) is 25.3 Å². The topological polar surface area (TPSA) is 61.8 Å². The highest BCUT2D eigenvalue weighted by Crippen LogP contribution is 2.29. The molecule has 3 rings (SSSR count). The SMILES string of the molecule is C=C(C)C(=O)O/C=C\Oc1ccc(-c2ccc(-c3ccc(OC(=O)C(=C)C)c(F)c3)cc2)cc1. The maximum atomic E-state index is 14.4. The minimum atomic E-state index is -0.672. The van der Waals surface area contributed by atoms with Crippen molar-refractivity contribution in [2.75, 3.05) is 0 Å². The Bertz CT molecular complexity index is 1250. The summed E-state index contributed by atoms with van der Waals surface area (Å²) >= 11 is 0. The minimum absolute atomic E-state index is 0.139. The van der Waals surface area contributed by atoms with Gasteiger partial charge in [-0.15, -0.1) is 0 Å². The highest BCUT2D eigenvalue weighted by atomic mass is 19.1. The second kappa shape index (κ2) is 10.9. The largest absolute Gasteiger partial charge is 0.462 e. The minimum Gasteiger partial charge on any atom is -0.462 e. The molecule has 0 radical (unpaired) electrons. The van der Waals surface area contributed by atoms with Crippen LogP contribution in [-0.2, 0) is 14.3 Å². The summed E-state index contributed by atoms with van der Waals surface area (Å²) in [6.07, 6.45) is 2.43. The molecule has 34 heavy (non-hydrogen) atoms. The molecule has 0 aliphatic heterocycles. The van der Waals surface area contributed by atoms with Gasteiger partial charge in [-0.05, 0) is 60.4 Å². The van der Waals surface area contributed by atoms with Crippen LogP contribution in [0.15, 0.2) is 104 Å². The van der Waals surface area contributed by atoms with Gasteiger partial charge >= 0.3 is 11.9 Å². The molecule has 172 valence electrons. The predicted octanol–water partition coefficient (Wildman–Crippen LogP) is 6.61. The molecule has 0 saturated carbocycles. The number of hydrogen-bond acceptors (Lipinski definition) is 5. The molecule has 5 nitrogen and oxygen atoms in total. The van der Waals surface area contributed by atoms with Gasteiger partial charge in [0.2, 0.25) is 0 Å². The molecule has 0 fully saturated rings. The van der Waals surface area contributed by atoms with Crippen LogP contribution < -0.4 is 9.47 Å². The number of carbonyl (C=O) groups is 2. The molecule has 6 heteroatoms. The number of ether oxygens (including phenoxy) is 3. The van der Waals surface area contributed by atoms with Crippen LogP contribution in [0.3, 0.4) is 0 Å². The Labute approximate surface area is 197 Å². The van der Waals surface area contributed by atoms with Gasteiger partial charge < -0.3 is 14.2 Å². The summed E-state index contributed by atoms with van der Waals surface area (Å²) < 4.78 is 29.6. The van der Waals surface area contributed by atoms with E-state index in [0.29, 0.717) is 16.9 Å². The van der Waals surface area contributed by atoms with Crippen molar-refractivity contribution < 1.29 is 28.2 Å². The molecule has 0 atom stereocenters. The molecule has 0 amide bonds. The van der Waals surface area contributed by atoms with Crippen molar-refractivity contribution >= 4 is 11.9 Å². The molecule has 0 N–H and O–H groups in total. The lowest BCUT2D eigenvalue weighted by Crippen LogP contribution is -2.09. The standard InChI is InChI=1S/C28H23FO5/c1-18(2)27(30)33-16-15-32-24-12-9-21(10-13-24)20-5-7-22(8-6-20)23-11-14-26(25(29)17-23)34-28(31)19(3)4/h5-17H,1,3H2,2,4H3/b16-15-. The van der Waals surface area contributed by atoms with Gasteiger partial charge in [-0.1, -0.05) is 55.6 Å². The van der Waals surface area contributed by atoms with E-state index in [2.05, 4.69) is 13.2 Å². The highest BCUT2D eigenvalue weighted by molar-refractivity contribution is 5.89. The molecule has 0 aliphatic carbocycles.